The fourth-order valence-corrected chi connectivity index (χ4v) is 3.20. The smallest absolute Gasteiger partial charge is 0.251 e. The minimum absolute atomic E-state index is 0.00618. The zero-order valence-corrected chi connectivity index (χ0v) is 12.5. The van der Waals surface area contributed by atoms with Crippen LogP contribution in [0.3, 0.4) is 0 Å². The van der Waals surface area contributed by atoms with E-state index in [1.807, 2.05) is 19.1 Å². The molecule has 0 saturated carbocycles. The fourth-order valence-electron chi connectivity index (χ4n) is 3.20. The molecule has 0 aromatic heterocycles. The molecule has 2 N–H and O–H groups in total. The van der Waals surface area contributed by atoms with Gasteiger partial charge in [-0.1, -0.05) is 24.3 Å². The second-order valence-electron chi connectivity index (χ2n) is 5.67. The first-order chi connectivity index (χ1) is 10.3. The van der Waals surface area contributed by atoms with Gasteiger partial charge in [-0.15, -0.1) is 0 Å². The molecule has 0 aliphatic carbocycles. The second kappa shape index (κ2) is 6.27. The third-order valence-electron chi connectivity index (χ3n) is 4.29. The van der Waals surface area contributed by atoms with Crippen LogP contribution in [0, 0.1) is 0 Å². The van der Waals surface area contributed by atoms with Crippen LogP contribution in [0.15, 0.2) is 36.4 Å². The van der Waals surface area contributed by atoms with Gasteiger partial charge in [0.25, 0.3) is 5.91 Å². The molecule has 2 aromatic rings. The normalized spacial score (nSPS) is 16.0. The van der Waals surface area contributed by atoms with Crippen LogP contribution in [0.2, 0.25) is 0 Å². The average molecular weight is 282 g/mol. The molecule has 0 spiro atoms. The van der Waals surface area contributed by atoms with Crippen molar-refractivity contribution in [1.29, 1.82) is 0 Å². The van der Waals surface area contributed by atoms with E-state index in [4.69, 9.17) is 0 Å². The Morgan fingerprint density at radius 3 is 2.81 bits per heavy atom. The number of nitrogens with one attached hydrogen (secondary N) is 2. The molecule has 1 aliphatic heterocycles. The molecule has 3 heteroatoms. The highest BCUT2D eigenvalue weighted by Crippen LogP contribution is 2.31. The summed E-state index contributed by atoms with van der Waals surface area (Å²) in [7, 11) is 0. The Balaban J connectivity index is 1.98. The summed E-state index contributed by atoms with van der Waals surface area (Å²) in [5, 5.41) is 8.73. The van der Waals surface area contributed by atoms with Crippen LogP contribution in [0.1, 0.15) is 41.6 Å². The van der Waals surface area contributed by atoms with Gasteiger partial charge in [-0.2, -0.15) is 0 Å². The minimum Gasteiger partial charge on any atom is -0.352 e. The topological polar surface area (TPSA) is 41.1 Å². The van der Waals surface area contributed by atoms with E-state index >= 15 is 0 Å². The third-order valence-corrected chi connectivity index (χ3v) is 4.29. The first kappa shape index (κ1) is 14.1. The Labute approximate surface area is 125 Å². The maximum atomic E-state index is 12.0. The summed E-state index contributed by atoms with van der Waals surface area (Å²) in [6, 6.07) is 12.5. The van der Waals surface area contributed by atoms with Crippen LogP contribution >= 0.6 is 0 Å². The van der Waals surface area contributed by atoms with Crippen LogP contribution in [0.4, 0.5) is 0 Å². The lowest BCUT2D eigenvalue weighted by Gasteiger charge is -2.24. The van der Waals surface area contributed by atoms with E-state index in [0.29, 0.717) is 12.5 Å². The van der Waals surface area contributed by atoms with Crippen LogP contribution in [0.25, 0.3) is 10.8 Å². The average Bonchev–Trinajstić information content (AvgIpc) is 2.55. The van der Waals surface area contributed by atoms with E-state index in [1.165, 1.54) is 23.8 Å². The van der Waals surface area contributed by atoms with Crippen LogP contribution < -0.4 is 10.6 Å². The first-order valence-corrected chi connectivity index (χ1v) is 7.81. The summed E-state index contributed by atoms with van der Waals surface area (Å²) in [5.41, 5.74) is 2.17. The maximum absolute atomic E-state index is 12.0. The van der Waals surface area contributed by atoms with Gasteiger partial charge in [-0.3, -0.25) is 4.79 Å². The largest absolute Gasteiger partial charge is 0.352 e. The lowest BCUT2D eigenvalue weighted by molar-refractivity contribution is 0.0956. The van der Waals surface area contributed by atoms with E-state index in [1.54, 1.807) is 0 Å². The van der Waals surface area contributed by atoms with E-state index in [2.05, 4.69) is 34.9 Å². The molecule has 110 valence electrons. The highest BCUT2D eigenvalue weighted by molar-refractivity contribution is 5.99. The minimum atomic E-state index is 0.00618. The number of fused-ring (bicyclic) bond motifs is 1. The zero-order valence-electron chi connectivity index (χ0n) is 12.5. The van der Waals surface area contributed by atoms with Crippen molar-refractivity contribution < 1.29 is 4.79 Å². The van der Waals surface area contributed by atoms with Crippen LogP contribution in [-0.4, -0.2) is 25.5 Å². The molecule has 1 amide bonds. The number of hydrogen-bond donors (Lipinski definition) is 2. The molecule has 1 aliphatic rings. The van der Waals surface area contributed by atoms with Gasteiger partial charge in [0, 0.05) is 12.1 Å². The van der Waals surface area contributed by atoms with Gasteiger partial charge in [0.2, 0.25) is 0 Å². The summed E-state index contributed by atoms with van der Waals surface area (Å²) in [6.45, 7) is 4.79. The van der Waals surface area contributed by atoms with E-state index in [9.17, 15) is 4.79 Å². The number of rotatable bonds is 3. The van der Waals surface area contributed by atoms with Crippen molar-refractivity contribution in [3.05, 3.63) is 47.5 Å². The number of amides is 1. The van der Waals surface area contributed by atoms with Gasteiger partial charge in [0.05, 0.1) is 0 Å². The van der Waals surface area contributed by atoms with Gasteiger partial charge < -0.3 is 10.6 Å². The van der Waals surface area contributed by atoms with E-state index < -0.39 is 0 Å². The quantitative estimate of drug-likeness (QED) is 0.908. The summed E-state index contributed by atoms with van der Waals surface area (Å²) >= 11 is 0. The molecule has 1 saturated heterocycles. The number of carbonyl (C=O) groups excluding carboxylic acids is 1. The lowest BCUT2D eigenvalue weighted by atomic mass is 9.86. The van der Waals surface area contributed by atoms with Crippen LogP contribution in [-0.2, 0) is 0 Å². The number of hydrogen-bond acceptors (Lipinski definition) is 2. The van der Waals surface area contributed by atoms with Crippen molar-refractivity contribution in [3.8, 4) is 0 Å². The molecule has 0 unspecified atom stereocenters. The van der Waals surface area contributed by atoms with Gasteiger partial charge in [-0.05, 0) is 67.2 Å². The first-order valence-electron chi connectivity index (χ1n) is 7.81. The van der Waals surface area contributed by atoms with Crippen molar-refractivity contribution >= 4 is 16.7 Å². The van der Waals surface area contributed by atoms with Crippen molar-refractivity contribution in [1.82, 2.24) is 10.6 Å². The van der Waals surface area contributed by atoms with E-state index in [0.717, 1.165) is 24.0 Å². The molecule has 3 nitrogen and oxygen atoms in total. The van der Waals surface area contributed by atoms with E-state index in [-0.39, 0.29) is 5.91 Å². The lowest BCUT2D eigenvalue weighted by Crippen LogP contribution is -2.26. The molecule has 21 heavy (non-hydrogen) atoms. The van der Waals surface area contributed by atoms with Crippen molar-refractivity contribution in [3.63, 3.8) is 0 Å². The second-order valence-corrected chi connectivity index (χ2v) is 5.67. The predicted molar refractivity (Wildman–Crippen MR) is 86.8 cm³/mol. The monoisotopic (exact) mass is 282 g/mol. The van der Waals surface area contributed by atoms with Crippen molar-refractivity contribution in [2.45, 2.75) is 25.7 Å². The summed E-state index contributed by atoms with van der Waals surface area (Å²) < 4.78 is 0. The predicted octanol–water partition coefficient (Wildman–Crippen LogP) is 3.06. The molecule has 1 fully saturated rings. The summed E-state index contributed by atoms with van der Waals surface area (Å²) in [5.74, 6) is 0.636. The Morgan fingerprint density at radius 2 is 2.05 bits per heavy atom. The van der Waals surface area contributed by atoms with Crippen molar-refractivity contribution in [2.24, 2.45) is 0 Å². The Kier molecular flexibility index (Phi) is 4.20. The standard InChI is InChI=1S/C18H22N2O/c1-2-20-18(21)15-6-7-17-14(12-15)4-3-5-16(17)13-8-10-19-11-9-13/h3-7,12-13,19H,2,8-11H2,1H3,(H,20,21). The zero-order chi connectivity index (χ0) is 14.7. The van der Waals surface area contributed by atoms with Crippen LogP contribution in [0.5, 0.6) is 0 Å². The van der Waals surface area contributed by atoms with Gasteiger partial charge >= 0.3 is 0 Å². The summed E-state index contributed by atoms with van der Waals surface area (Å²) in [4.78, 5) is 12.0. The molecular weight excluding hydrogens is 260 g/mol. The third kappa shape index (κ3) is 2.93. The Bertz CT molecular complexity index is 645. The molecule has 3 rings (SSSR count). The molecule has 1 heterocycles. The van der Waals surface area contributed by atoms with Gasteiger partial charge in [0.15, 0.2) is 0 Å². The number of piperidine rings is 1. The van der Waals surface area contributed by atoms with Crippen molar-refractivity contribution in [2.75, 3.05) is 19.6 Å². The molecular formula is C18H22N2O. The molecule has 2 aromatic carbocycles. The highest BCUT2D eigenvalue weighted by Gasteiger charge is 2.17. The number of benzene rings is 2. The van der Waals surface area contributed by atoms with Gasteiger partial charge in [0.1, 0.15) is 0 Å². The van der Waals surface area contributed by atoms with Gasteiger partial charge in [-0.25, -0.2) is 0 Å². The maximum Gasteiger partial charge on any atom is 0.251 e. The molecule has 0 radical (unpaired) electrons. The molecule has 0 atom stereocenters. The Hall–Kier alpha value is -1.87. The summed E-state index contributed by atoms with van der Waals surface area (Å²) in [6.07, 6.45) is 2.38. The fraction of sp³-hybridized carbons (Fsp3) is 0.389. The Morgan fingerprint density at radius 1 is 1.24 bits per heavy atom. The molecule has 0 bridgehead atoms. The SMILES string of the molecule is CCNC(=O)c1ccc2c(C3CCNCC3)cccc2c1. The number of carbonyl (C=O) groups is 1. The highest BCUT2D eigenvalue weighted by atomic mass is 16.1.